The molecule has 0 aliphatic heterocycles. The summed E-state index contributed by atoms with van der Waals surface area (Å²) < 4.78 is 0. The molecule has 3 rings (SSSR count). The lowest BCUT2D eigenvalue weighted by atomic mass is 10.1. The third kappa shape index (κ3) is 2.80. The van der Waals surface area contributed by atoms with Gasteiger partial charge >= 0.3 is 0 Å². The highest BCUT2D eigenvalue weighted by atomic mass is 35.5. The normalized spacial score (nSPS) is 10.2. The lowest BCUT2D eigenvalue weighted by Gasteiger charge is -2.00. The number of aromatic nitrogens is 1. The summed E-state index contributed by atoms with van der Waals surface area (Å²) in [5.41, 5.74) is 14.7. The molecule has 2 aromatic carbocycles. The molecule has 0 atom stereocenters. The van der Waals surface area contributed by atoms with Gasteiger partial charge in [-0.15, -0.1) is 12.4 Å². The standard InChI is InChI=1S/C16H14N4O.ClH/c17-15(18)10-3-1-9(2-4-10)13-7-11-5-6-12(16(19)21)8-14(11)20-13;/h1-8,20H,(H3,17,18)(H2,19,21);1H. The second-order valence-corrected chi connectivity index (χ2v) is 4.84. The molecule has 0 aliphatic rings. The Morgan fingerprint density at radius 2 is 1.59 bits per heavy atom. The van der Waals surface area contributed by atoms with Gasteiger partial charge in [-0.25, -0.2) is 0 Å². The van der Waals surface area contributed by atoms with Gasteiger partial charge in [-0.2, -0.15) is 0 Å². The molecule has 0 saturated heterocycles. The average molecular weight is 315 g/mol. The van der Waals surface area contributed by atoms with E-state index in [9.17, 15) is 4.79 Å². The largest absolute Gasteiger partial charge is 0.384 e. The highest BCUT2D eigenvalue weighted by molar-refractivity contribution is 5.98. The molecule has 1 heterocycles. The molecule has 6 heteroatoms. The van der Waals surface area contributed by atoms with E-state index in [1.807, 2.05) is 24.3 Å². The Morgan fingerprint density at radius 1 is 0.955 bits per heavy atom. The molecule has 112 valence electrons. The SMILES string of the molecule is Cl.N=C(N)c1ccc(-c2cc3ccc(C(N)=O)cc3[nH]2)cc1. The summed E-state index contributed by atoms with van der Waals surface area (Å²) in [7, 11) is 0. The van der Waals surface area contributed by atoms with E-state index < -0.39 is 5.91 Å². The van der Waals surface area contributed by atoms with Crippen molar-refractivity contribution in [2.24, 2.45) is 11.5 Å². The number of H-pyrrole nitrogens is 1. The predicted octanol–water partition coefficient (Wildman–Crippen LogP) is 2.64. The molecule has 0 aliphatic carbocycles. The molecule has 22 heavy (non-hydrogen) atoms. The van der Waals surface area contributed by atoms with Crippen molar-refractivity contribution < 1.29 is 4.79 Å². The Labute approximate surface area is 133 Å². The molecule has 6 N–H and O–H groups in total. The number of nitrogens with one attached hydrogen (secondary N) is 2. The minimum atomic E-state index is -0.445. The summed E-state index contributed by atoms with van der Waals surface area (Å²) in [6.45, 7) is 0. The monoisotopic (exact) mass is 314 g/mol. The number of aromatic amines is 1. The van der Waals surface area contributed by atoms with Gasteiger partial charge in [0.25, 0.3) is 0 Å². The first kappa shape index (κ1) is 15.6. The molecular weight excluding hydrogens is 300 g/mol. The van der Waals surface area contributed by atoms with Crippen molar-refractivity contribution in [2.75, 3.05) is 0 Å². The quantitative estimate of drug-likeness (QED) is 0.440. The van der Waals surface area contributed by atoms with Gasteiger partial charge in [-0.3, -0.25) is 10.2 Å². The van der Waals surface area contributed by atoms with E-state index in [4.69, 9.17) is 16.9 Å². The summed E-state index contributed by atoms with van der Waals surface area (Å²) in [6.07, 6.45) is 0. The van der Waals surface area contributed by atoms with Gasteiger partial charge in [-0.1, -0.05) is 30.3 Å². The van der Waals surface area contributed by atoms with Gasteiger partial charge in [0, 0.05) is 27.7 Å². The molecule has 0 unspecified atom stereocenters. The Hall–Kier alpha value is -2.79. The van der Waals surface area contributed by atoms with Gasteiger partial charge in [0.05, 0.1) is 0 Å². The number of fused-ring (bicyclic) bond motifs is 1. The van der Waals surface area contributed by atoms with Crippen LogP contribution in [-0.2, 0) is 0 Å². The van der Waals surface area contributed by atoms with E-state index in [1.54, 1.807) is 24.3 Å². The topological polar surface area (TPSA) is 109 Å². The number of rotatable bonds is 3. The van der Waals surface area contributed by atoms with Gasteiger partial charge < -0.3 is 16.5 Å². The second-order valence-electron chi connectivity index (χ2n) is 4.84. The van der Waals surface area contributed by atoms with Crippen LogP contribution in [0.4, 0.5) is 0 Å². The number of hydrogen-bond donors (Lipinski definition) is 4. The van der Waals surface area contributed by atoms with Crippen LogP contribution in [0.5, 0.6) is 0 Å². The van der Waals surface area contributed by atoms with E-state index in [0.717, 1.165) is 22.2 Å². The number of halogens is 1. The summed E-state index contributed by atoms with van der Waals surface area (Å²) in [6, 6.07) is 14.7. The number of amides is 1. The average Bonchev–Trinajstić information content (AvgIpc) is 2.90. The van der Waals surface area contributed by atoms with Crippen LogP contribution in [0.25, 0.3) is 22.2 Å². The van der Waals surface area contributed by atoms with Gasteiger partial charge in [-0.05, 0) is 23.8 Å². The van der Waals surface area contributed by atoms with Crippen LogP contribution < -0.4 is 11.5 Å². The lowest BCUT2D eigenvalue weighted by molar-refractivity contribution is 0.100. The maximum Gasteiger partial charge on any atom is 0.248 e. The zero-order chi connectivity index (χ0) is 15.0. The number of nitrogens with two attached hydrogens (primary N) is 2. The Kier molecular flexibility index (Phi) is 4.19. The summed E-state index contributed by atoms with van der Waals surface area (Å²) in [5.74, 6) is -0.400. The summed E-state index contributed by atoms with van der Waals surface area (Å²) in [4.78, 5) is 14.5. The molecule has 0 fully saturated rings. The third-order valence-corrected chi connectivity index (χ3v) is 3.41. The van der Waals surface area contributed by atoms with Crippen molar-refractivity contribution in [3.05, 3.63) is 59.7 Å². The zero-order valence-corrected chi connectivity index (χ0v) is 12.4. The van der Waals surface area contributed by atoms with E-state index in [-0.39, 0.29) is 18.2 Å². The lowest BCUT2D eigenvalue weighted by Crippen LogP contribution is -2.10. The smallest absolute Gasteiger partial charge is 0.248 e. The highest BCUT2D eigenvalue weighted by Gasteiger charge is 2.07. The van der Waals surface area contributed by atoms with Gasteiger partial charge in [0.15, 0.2) is 0 Å². The second kappa shape index (κ2) is 5.91. The van der Waals surface area contributed by atoms with E-state index in [1.165, 1.54) is 0 Å². The van der Waals surface area contributed by atoms with Crippen LogP contribution in [0.2, 0.25) is 0 Å². The number of carbonyl (C=O) groups is 1. The van der Waals surface area contributed by atoms with Gasteiger partial charge in [0.1, 0.15) is 5.84 Å². The van der Waals surface area contributed by atoms with Crippen LogP contribution >= 0.6 is 12.4 Å². The fourth-order valence-corrected chi connectivity index (χ4v) is 2.27. The maximum atomic E-state index is 11.2. The fraction of sp³-hybridized carbons (Fsp3) is 0. The molecule has 0 saturated carbocycles. The Morgan fingerprint density at radius 3 is 2.18 bits per heavy atom. The number of amidine groups is 1. The van der Waals surface area contributed by atoms with E-state index in [0.29, 0.717) is 11.1 Å². The van der Waals surface area contributed by atoms with E-state index >= 15 is 0 Å². The zero-order valence-electron chi connectivity index (χ0n) is 11.6. The fourth-order valence-electron chi connectivity index (χ4n) is 2.27. The summed E-state index contributed by atoms with van der Waals surface area (Å²) >= 11 is 0. The van der Waals surface area contributed by atoms with Crippen molar-refractivity contribution in [1.29, 1.82) is 5.41 Å². The number of primary amides is 1. The minimum Gasteiger partial charge on any atom is -0.384 e. The maximum absolute atomic E-state index is 11.2. The Bertz CT molecular complexity index is 852. The molecule has 0 bridgehead atoms. The first-order valence-corrected chi connectivity index (χ1v) is 6.42. The first-order chi connectivity index (χ1) is 10.0. The Balaban J connectivity index is 0.00000176. The molecule has 0 radical (unpaired) electrons. The van der Waals surface area contributed by atoms with Crippen LogP contribution in [-0.4, -0.2) is 16.7 Å². The molecule has 5 nitrogen and oxygen atoms in total. The third-order valence-electron chi connectivity index (χ3n) is 3.41. The number of nitrogen functional groups attached to an aromatic ring is 1. The van der Waals surface area contributed by atoms with Crippen molar-refractivity contribution in [3.63, 3.8) is 0 Å². The molecule has 3 aromatic rings. The van der Waals surface area contributed by atoms with Crippen LogP contribution in [0.15, 0.2) is 48.5 Å². The predicted molar refractivity (Wildman–Crippen MR) is 90.5 cm³/mol. The number of hydrogen-bond acceptors (Lipinski definition) is 2. The number of carbonyl (C=O) groups excluding carboxylic acids is 1. The van der Waals surface area contributed by atoms with Crippen molar-refractivity contribution in [3.8, 4) is 11.3 Å². The van der Waals surface area contributed by atoms with Gasteiger partial charge in [0.2, 0.25) is 5.91 Å². The van der Waals surface area contributed by atoms with Crippen LogP contribution in [0, 0.1) is 5.41 Å². The molecule has 1 amide bonds. The van der Waals surface area contributed by atoms with Crippen molar-refractivity contribution >= 4 is 35.1 Å². The van der Waals surface area contributed by atoms with E-state index in [2.05, 4.69) is 4.98 Å². The minimum absolute atomic E-state index is 0. The molecule has 0 spiro atoms. The van der Waals surface area contributed by atoms with Crippen LogP contribution in [0.1, 0.15) is 15.9 Å². The molecular formula is C16H15ClN4O. The summed E-state index contributed by atoms with van der Waals surface area (Å²) in [5, 5.41) is 8.39. The highest BCUT2D eigenvalue weighted by Crippen LogP contribution is 2.25. The van der Waals surface area contributed by atoms with Crippen LogP contribution in [0.3, 0.4) is 0 Å². The molecule has 1 aromatic heterocycles. The van der Waals surface area contributed by atoms with Crippen molar-refractivity contribution in [2.45, 2.75) is 0 Å². The number of benzene rings is 2. The van der Waals surface area contributed by atoms with Crippen molar-refractivity contribution in [1.82, 2.24) is 4.98 Å². The first-order valence-electron chi connectivity index (χ1n) is 6.42.